The van der Waals surface area contributed by atoms with Gasteiger partial charge in [-0.15, -0.1) is 0 Å². The number of pyridine rings is 1. The first-order chi connectivity index (χ1) is 15.3. The molecular weight excluding hydrogens is 458 g/mol. The molecule has 1 unspecified atom stereocenters. The monoisotopic (exact) mass is 477 g/mol. The first-order valence-electron chi connectivity index (χ1n) is 9.64. The highest BCUT2D eigenvalue weighted by molar-refractivity contribution is 7.92. The number of benzene rings is 2. The number of carbonyl (C=O) groups is 1. The summed E-state index contributed by atoms with van der Waals surface area (Å²) < 4.78 is 36.9. The number of nitrogens with zero attached hydrogens (tertiary/aromatic N) is 1. The second-order valence-corrected chi connectivity index (χ2v) is 9.56. The van der Waals surface area contributed by atoms with E-state index in [4.69, 9.17) is 21.1 Å². The molecule has 0 bridgehead atoms. The largest absolute Gasteiger partial charge is 0.496 e. The fourth-order valence-electron chi connectivity index (χ4n) is 3.48. The Balaban J connectivity index is 1.88. The van der Waals surface area contributed by atoms with Gasteiger partial charge in [0.15, 0.2) is 5.03 Å². The molecule has 1 fully saturated rings. The number of aromatic nitrogens is 1. The van der Waals surface area contributed by atoms with E-state index in [1.54, 1.807) is 30.3 Å². The van der Waals surface area contributed by atoms with E-state index in [9.17, 15) is 18.3 Å². The normalized spacial score (nSPS) is 16.6. The van der Waals surface area contributed by atoms with Crippen molar-refractivity contribution < 1.29 is 27.8 Å². The first kappa shape index (κ1) is 22.3. The Morgan fingerprint density at radius 2 is 2.09 bits per heavy atom. The van der Waals surface area contributed by atoms with E-state index >= 15 is 0 Å². The number of sulfone groups is 1. The van der Waals surface area contributed by atoms with Crippen LogP contribution in [-0.2, 0) is 14.6 Å². The van der Waals surface area contributed by atoms with Crippen LogP contribution in [-0.4, -0.2) is 56.7 Å². The van der Waals surface area contributed by atoms with Gasteiger partial charge in [-0.2, -0.15) is 0 Å². The zero-order valence-electron chi connectivity index (χ0n) is 17.0. The minimum atomic E-state index is -3.88. The predicted molar refractivity (Wildman–Crippen MR) is 120 cm³/mol. The standard InChI is InChI=1S/C21H20ClN3O6S/c1-30-17-4-2-3-15(20(17)21(26)27)24-16-10-18(25-14-6-5-12(22)9-13(14)16)32(28,29)19-11-31-8-7-23-19/h2-6,9-10,19,23H,7-8,11H2,1H3,(H,24,25)(H,26,27). The Kier molecular flexibility index (Phi) is 6.20. The van der Waals surface area contributed by atoms with Crippen molar-refractivity contribution >= 4 is 49.7 Å². The van der Waals surface area contributed by atoms with Gasteiger partial charge in [0.05, 0.1) is 37.2 Å². The summed E-state index contributed by atoms with van der Waals surface area (Å²) in [7, 11) is -2.51. The summed E-state index contributed by atoms with van der Waals surface area (Å²) in [6.07, 6.45) is 0. The van der Waals surface area contributed by atoms with Gasteiger partial charge in [-0.3, -0.25) is 5.32 Å². The lowest BCUT2D eigenvalue weighted by Gasteiger charge is -2.24. The van der Waals surface area contributed by atoms with Gasteiger partial charge >= 0.3 is 5.97 Å². The molecule has 1 atom stereocenters. The highest BCUT2D eigenvalue weighted by Gasteiger charge is 2.31. The third kappa shape index (κ3) is 4.22. The van der Waals surface area contributed by atoms with E-state index in [0.29, 0.717) is 34.8 Å². The number of aromatic carboxylic acids is 1. The van der Waals surface area contributed by atoms with Crippen LogP contribution in [0.15, 0.2) is 47.5 Å². The van der Waals surface area contributed by atoms with Gasteiger partial charge in [0.25, 0.3) is 0 Å². The van der Waals surface area contributed by atoms with Gasteiger partial charge in [0.2, 0.25) is 9.84 Å². The Labute approximate surface area is 189 Å². The second-order valence-electron chi connectivity index (χ2n) is 7.05. The summed E-state index contributed by atoms with van der Waals surface area (Å²) in [6, 6.07) is 10.9. The van der Waals surface area contributed by atoms with E-state index in [1.165, 1.54) is 19.2 Å². The molecule has 168 valence electrons. The minimum absolute atomic E-state index is 0.00444. The molecular formula is C21H20ClN3O6S. The number of methoxy groups -OCH3 is 1. The lowest BCUT2D eigenvalue weighted by molar-refractivity contribution is 0.0694. The highest BCUT2D eigenvalue weighted by Crippen LogP contribution is 2.34. The van der Waals surface area contributed by atoms with Gasteiger partial charge in [-0.25, -0.2) is 18.2 Å². The van der Waals surface area contributed by atoms with Crippen LogP contribution in [0.1, 0.15) is 10.4 Å². The third-order valence-corrected chi connectivity index (χ3v) is 7.11. The summed E-state index contributed by atoms with van der Waals surface area (Å²) in [5.41, 5.74) is 0.860. The molecule has 11 heteroatoms. The minimum Gasteiger partial charge on any atom is -0.496 e. The lowest BCUT2D eigenvalue weighted by atomic mass is 10.1. The van der Waals surface area contributed by atoms with Crippen molar-refractivity contribution in [3.05, 3.63) is 53.1 Å². The fraction of sp³-hybridized carbons (Fsp3) is 0.238. The number of carboxylic acid groups (broad SMARTS) is 1. The highest BCUT2D eigenvalue weighted by atomic mass is 35.5. The van der Waals surface area contributed by atoms with Crippen molar-refractivity contribution in [3.63, 3.8) is 0 Å². The van der Waals surface area contributed by atoms with Crippen LogP contribution >= 0.6 is 11.6 Å². The van der Waals surface area contributed by atoms with Crippen LogP contribution in [0.2, 0.25) is 5.02 Å². The molecule has 4 rings (SSSR count). The van der Waals surface area contributed by atoms with Gasteiger partial charge in [0, 0.05) is 17.0 Å². The lowest BCUT2D eigenvalue weighted by Crippen LogP contribution is -2.46. The zero-order valence-corrected chi connectivity index (χ0v) is 18.5. The maximum absolute atomic E-state index is 13.2. The van der Waals surface area contributed by atoms with Crippen molar-refractivity contribution in [2.75, 3.05) is 32.2 Å². The average molecular weight is 478 g/mol. The number of hydrogen-bond donors (Lipinski definition) is 3. The Hall–Kier alpha value is -2.92. The maximum atomic E-state index is 13.2. The van der Waals surface area contributed by atoms with Crippen molar-refractivity contribution in [3.8, 4) is 5.75 Å². The average Bonchev–Trinajstić information content (AvgIpc) is 2.79. The molecule has 1 aliphatic heterocycles. The van der Waals surface area contributed by atoms with Gasteiger partial charge in [-0.05, 0) is 36.4 Å². The molecule has 0 amide bonds. The van der Waals surface area contributed by atoms with E-state index < -0.39 is 21.2 Å². The quantitative estimate of drug-likeness (QED) is 0.490. The van der Waals surface area contributed by atoms with Gasteiger partial charge in [-0.1, -0.05) is 17.7 Å². The van der Waals surface area contributed by atoms with Crippen LogP contribution in [0, 0.1) is 0 Å². The van der Waals surface area contributed by atoms with Crippen molar-refractivity contribution in [1.29, 1.82) is 0 Å². The summed E-state index contributed by atoms with van der Waals surface area (Å²) in [5.74, 6) is -1.03. The number of anilines is 2. The number of carboxylic acids is 1. The van der Waals surface area contributed by atoms with Crippen LogP contribution < -0.4 is 15.4 Å². The Morgan fingerprint density at radius 3 is 2.78 bits per heavy atom. The molecule has 3 aromatic rings. The Bertz CT molecular complexity index is 1290. The number of hydrogen-bond acceptors (Lipinski definition) is 8. The third-order valence-electron chi connectivity index (χ3n) is 5.03. The van der Waals surface area contributed by atoms with Gasteiger partial charge < -0.3 is 19.9 Å². The molecule has 1 aromatic heterocycles. The molecule has 32 heavy (non-hydrogen) atoms. The van der Waals surface area contributed by atoms with Crippen LogP contribution in [0.3, 0.4) is 0 Å². The van der Waals surface area contributed by atoms with E-state index in [0.717, 1.165) is 0 Å². The molecule has 0 radical (unpaired) electrons. The van der Waals surface area contributed by atoms with E-state index in [-0.39, 0.29) is 28.6 Å². The molecule has 1 aliphatic rings. The number of ether oxygens (including phenoxy) is 2. The second kappa shape index (κ2) is 8.91. The maximum Gasteiger partial charge on any atom is 0.341 e. The molecule has 2 aromatic carbocycles. The molecule has 2 heterocycles. The van der Waals surface area contributed by atoms with Crippen LogP contribution in [0.4, 0.5) is 11.4 Å². The predicted octanol–water partition coefficient (Wildman–Crippen LogP) is 3.06. The number of morpholine rings is 1. The molecule has 9 nitrogen and oxygen atoms in total. The van der Waals surface area contributed by atoms with Crippen molar-refractivity contribution in [2.24, 2.45) is 0 Å². The summed E-state index contributed by atoms with van der Waals surface area (Å²) in [5, 5.41) is 15.5. The first-order valence-corrected chi connectivity index (χ1v) is 11.6. The number of rotatable bonds is 6. The summed E-state index contributed by atoms with van der Waals surface area (Å²) in [6.45, 7) is 0.838. The van der Waals surface area contributed by atoms with Crippen molar-refractivity contribution in [1.82, 2.24) is 10.3 Å². The zero-order chi connectivity index (χ0) is 22.9. The SMILES string of the molecule is COc1cccc(Nc2cc(S(=O)(=O)C3COCCN3)nc3ccc(Cl)cc23)c1C(=O)O. The van der Waals surface area contributed by atoms with Crippen LogP contribution in [0.25, 0.3) is 10.9 Å². The summed E-state index contributed by atoms with van der Waals surface area (Å²) in [4.78, 5) is 16.2. The molecule has 3 N–H and O–H groups in total. The van der Waals surface area contributed by atoms with Crippen molar-refractivity contribution in [2.45, 2.75) is 10.4 Å². The van der Waals surface area contributed by atoms with E-state index in [1.807, 2.05) is 0 Å². The van der Waals surface area contributed by atoms with E-state index in [2.05, 4.69) is 15.6 Å². The fourth-order valence-corrected chi connectivity index (χ4v) is 5.06. The number of nitrogens with one attached hydrogen (secondary N) is 2. The number of fused-ring (bicyclic) bond motifs is 1. The smallest absolute Gasteiger partial charge is 0.341 e. The molecule has 0 saturated carbocycles. The number of halogens is 1. The summed E-state index contributed by atoms with van der Waals surface area (Å²) >= 11 is 6.16. The van der Waals surface area contributed by atoms with Gasteiger partial charge in [0.1, 0.15) is 16.7 Å². The molecule has 0 aliphatic carbocycles. The van der Waals surface area contributed by atoms with Crippen LogP contribution in [0.5, 0.6) is 5.75 Å². The molecule has 0 spiro atoms. The molecule has 1 saturated heterocycles. The topological polar surface area (TPSA) is 127 Å². The Morgan fingerprint density at radius 1 is 1.28 bits per heavy atom.